The van der Waals surface area contributed by atoms with E-state index in [0.717, 1.165) is 0 Å². The molecule has 0 aliphatic carbocycles. The molecule has 1 atom stereocenters. The minimum absolute atomic E-state index is 0.0510. The van der Waals surface area contributed by atoms with Gasteiger partial charge in [0.15, 0.2) is 17.6 Å². The highest BCUT2D eigenvalue weighted by Gasteiger charge is 2.18. The lowest BCUT2D eigenvalue weighted by Crippen LogP contribution is -2.30. The fourth-order valence-corrected chi connectivity index (χ4v) is 2.58. The van der Waals surface area contributed by atoms with Crippen molar-refractivity contribution in [2.24, 2.45) is 0 Å². The molecule has 0 aliphatic rings. The Hall–Kier alpha value is -1.84. The lowest BCUT2D eigenvalue weighted by Gasteiger charge is -2.11. The molecular formula is C12H17NO7S. The van der Waals surface area contributed by atoms with Crippen LogP contribution in [0.5, 0.6) is 11.5 Å². The summed E-state index contributed by atoms with van der Waals surface area (Å²) in [5.74, 6) is -0.760. The molecule has 0 fully saturated rings. The van der Waals surface area contributed by atoms with E-state index in [0.29, 0.717) is 5.75 Å². The zero-order chi connectivity index (χ0) is 16.0. The van der Waals surface area contributed by atoms with Crippen LogP contribution in [0, 0.1) is 0 Å². The summed E-state index contributed by atoms with van der Waals surface area (Å²) in [4.78, 5) is 10.4. The maximum absolute atomic E-state index is 12.0. The van der Waals surface area contributed by atoms with Crippen molar-refractivity contribution < 1.29 is 32.9 Å². The van der Waals surface area contributed by atoms with Crippen molar-refractivity contribution in [1.29, 1.82) is 0 Å². The van der Waals surface area contributed by atoms with Gasteiger partial charge in [0.25, 0.3) is 0 Å². The molecule has 0 aliphatic heterocycles. The second-order valence-electron chi connectivity index (χ2n) is 4.06. The minimum atomic E-state index is -3.83. The number of aliphatic hydroxyl groups is 1. The van der Waals surface area contributed by atoms with Crippen molar-refractivity contribution in [2.45, 2.75) is 17.4 Å². The van der Waals surface area contributed by atoms with Crippen LogP contribution >= 0.6 is 0 Å². The Bertz CT molecular complexity index is 600. The van der Waals surface area contributed by atoms with E-state index in [4.69, 9.17) is 19.7 Å². The number of hydrogen-bond acceptors (Lipinski definition) is 6. The molecule has 0 amide bonds. The van der Waals surface area contributed by atoms with Crippen LogP contribution in [-0.4, -0.2) is 51.5 Å². The van der Waals surface area contributed by atoms with Crippen molar-refractivity contribution in [3.05, 3.63) is 18.2 Å². The van der Waals surface area contributed by atoms with Gasteiger partial charge in [0.1, 0.15) is 0 Å². The van der Waals surface area contributed by atoms with Crippen LogP contribution in [0.1, 0.15) is 6.42 Å². The first-order valence-corrected chi connectivity index (χ1v) is 7.42. The summed E-state index contributed by atoms with van der Waals surface area (Å²) in [6.45, 7) is -0.204. The third-order valence-corrected chi connectivity index (χ3v) is 4.12. The molecular weight excluding hydrogens is 302 g/mol. The van der Waals surface area contributed by atoms with Crippen LogP contribution < -0.4 is 14.2 Å². The molecule has 0 bridgehead atoms. The fourth-order valence-electron chi connectivity index (χ4n) is 1.52. The summed E-state index contributed by atoms with van der Waals surface area (Å²) in [5.41, 5.74) is 0. The Morgan fingerprint density at radius 2 is 1.90 bits per heavy atom. The molecule has 0 saturated heterocycles. The monoisotopic (exact) mass is 319 g/mol. The molecule has 1 rings (SSSR count). The van der Waals surface area contributed by atoms with E-state index in [1.165, 1.54) is 32.4 Å². The zero-order valence-corrected chi connectivity index (χ0v) is 12.4. The van der Waals surface area contributed by atoms with Crippen LogP contribution in [0.4, 0.5) is 0 Å². The fraction of sp³-hybridized carbons (Fsp3) is 0.417. The van der Waals surface area contributed by atoms with Gasteiger partial charge in [-0.2, -0.15) is 0 Å². The van der Waals surface area contributed by atoms with Crippen LogP contribution in [-0.2, 0) is 14.8 Å². The molecule has 0 aromatic heterocycles. The summed E-state index contributed by atoms with van der Waals surface area (Å²) >= 11 is 0. The van der Waals surface area contributed by atoms with E-state index in [9.17, 15) is 13.2 Å². The van der Waals surface area contributed by atoms with Crippen LogP contribution in [0.3, 0.4) is 0 Å². The van der Waals surface area contributed by atoms with Gasteiger partial charge >= 0.3 is 5.97 Å². The summed E-state index contributed by atoms with van der Waals surface area (Å²) in [6.07, 6.45) is -1.85. The molecule has 0 radical (unpaired) electrons. The number of hydrogen-bond donors (Lipinski definition) is 3. The smallest absolute Gasteiger partial charge is 0.332 e. The summed E-state index contributed by atoms with van der Waals surface area (Å²) in [7, 11) is -1.02. The van der Waals surface area contributed by atoms with Crippen LogP contribution in [0.15, 0.2) is 23.1 Å². The topological polar surface area (TPSA) is 122 Å². The number of aliphatic carboxylic acids is 1. The van der Waals surface area contributed by atoms with Crippen molar-refractivity contribution in [3.63, 3.8) is 0 Å². The molecule has 21 heavy (non-hydrogen) atoms. The number of aliphatic hydroxyl groups excluding tert-OH is 1. The third-order valence-electron chi connectivity index (χ3n) is 2.66. The second kappa shape index (κ2) is 7.25. The summed E-state index contributed by atoms with van der Waals surface area (Å²) < 4.78 is 36.2. The van der Waals surface area contributed by atoms with Gasteiger partial charge in [0, 0.05) is 12.6 Å². The zero-order valence-electron chi connectivity index (χ0n) is 11.6. The van der Waals surface area contributed by atoms with Gasteiger partial charge in [-0.1, -0.05) is 0 Å². The number of ether oxygens (including phenoxy) is 2. The number of sulfonamides is 1. The Kier molecular flexibility index (Phi) is 5.94. The molecule has 0 saturated carbocycles. The van der Waals surface area contributed by atoms with E-state index in [1.807, 2.05) is 0 Å². The molecule has 0 spiro atoms. The first-order chi connectivity index (χ1) is 9.81. The molecule has 1 aromatic carbocycles. The largest absolute Gasteiger partial charge is 0.493 e. The maximum Gasteiger partial charge on any atom is 0.332 e. The van der Waals surface area contributed by atoms with Gasteiger partial charge in [0.05, 0.1) is 19.1 Å². The highest BCUT2D eigenvalue weighted by Crippen LogP contribution is 2.29. The number of carboxylic acid groups (broad SMARTS) is 1. The molecule has 0 heterocycles. The van der Waals surface area contributed by atoms with E-state index < -0.39 is 22.1 Å². The molecule has 1 aromatic rings. The van der Waals surface area contributed by atoms with E-state index in [-0.39, 0.29) is 23.6 Å². The molecule has 0 unspecified atom stereocenters. The molecule has 9 heteroatoms. The quantitative estimate of drug-likeness (QED) is 0.607. The van der Waals surface area contributed by atoms with E-state index in [2.05, 4.69) is 4.72 Å². The first-order valence-electron chi connectivity index (χ1n) is 5.94. The van der Waals surface area contributed by atoms with Gasteiger partial charge in [-0.25, -0.2) is 17.9 Å². The highest BCUT2D eigenvalue weighted by atomic mass is 32.2. The Morgan fingerprint density at radius 3 is 2.43 bits per heavy atom. The molecule has 3 N–H and O–H groups in total. The maximum atomic E-state index is 12.0. The standard InChI is InChI=1S/C12H17NO7S/c1-19-10-4-3-8(7-11(10)20-2)21(17,18)13-6-5-9(14)12(15)16/h3-4,7,9,13-14H,5-6H2,1-2H3,(H,15,16)/t9-/m0/s1. The van der Waals surface area contributed by atoms with Gasteiger partial charge in [0.2, 0.25) is 10.0 Å². The van der Waals surface area contributed by atoms with Crippen molar-refractivity contribution in [3.8, 4) is 11.5 Å². The van der Waals surface area contributed by atoms with Gasteiger partial charge in [-0.3, -0.25) is 0 Å². The Morgan fingerprint density at radius 1 is 1.29 bits per heavy atom. The normalized spacial score (nSPS) is 12.7. The Labute approximate surface area is 122 Å². The number of rotatable bonds is 8. The van der Waals surface area contributed by atoms with Crippen molar-refractivity contribution >= 4 is 16.0 Å². The summed E-state index contributed by atoms with van der Waals surface area (Å²) in [5, 5.41) is 17.6. The lowest BCUT2D eigenvalue weighted by atomic mass is 10.3. The van der Waals surface area contributed by atoms with E-state index >= 15 is 0 Å². The van der Waals surface area contributed by atoms with E-state index in [1.54, 1.807) is 0 Å². The number of carboxylic acids is 1. The van der Waals surface area contributed by atoms with Crippen LogP contribution in [0.2, 0.25) is 0 Å². The number of benzene rings is 1. The van der Waals surface area contributed by atoms with Gasteiger partial charge in [-0.05, 0) is 18.6 Å². The number of nitrogens with one attached hydrogen (secondary N) is 1. The lowest BCUT2D eigenvalue weighted by molar-refractivity contribution is -0.146. The number of carbonyl (C=O) groups is 1. The molecule has 8 nitrogen and oxygen atoms in total. The van der Waals surface area contributed by atoms with Crippen molar-refractivity contribution in [1.82, 2.24) is 4.72 Å². The predicted molar refractivity (Wildman–Crippen MR) is 73.0 cm³/mol. The number of methoxy groups -OCH3 is 2. The summed E-state index contributed by atoms with van der Waals surface area (Å²) in [6, 6.07) is 4.06. The molecule has 118 valence electrons. The predicted octanol–water partition coefficient (Wildman–Crippen LogP) is -0.182. The Balaban J connectivity index is 2.81. The average molecular weight is 319 g/mol. The SMILES string of the molecule is COc1ccc(S(=O)(=O)NCC[C@H](O)C(=O)O)cc1OC. The third kappa shape index (κ3) is 4.59. The van der Waals surface area contributed by atoms with Gasteiger partial charge in [-0.15, -0.1) is 0 Å². The highest BCUT2D eigenvalue weighted by molar-refractivity contribution is 7.89. The first kappa shape index (κ1) is 17.2. The second-order valence-corrected chi connectivity index (χ2v) is 5.82. The average Bonchev–Trinajstić information content (AvgIpc) is 2.45. The minimum Gasteiger partial charge on any atom is -0.493 e. The van der Waals surface area contributed by atoms with Gasteiger partial charge < -0.3 is 19.7 Å². The van der Waals surface area contributed by atoms with Crippen molar-refractivity contribution in [2.75, 3.05) is 20.8 Å². The van der Waals surface area contributed by atoms with Crippen LogP contribution in [0.25, 0.3) is 0 Å².